The molecule has 0 fully saturated rings. The van der Waals surface area contributed by atoms with Gasteiger partial charge in [-0.25, -0.2) is 10.8 Å². The summed E-state index contributed by atoms with van der Waals surface area (Å²) in [5, 5.41) is 11.3. The standard InChI is InChI=1S/C10H8N4S/c11-5-7-2-1-3-8(4-7)9-6-15-10(13-9)14-12/h1-4,6H,12H2,(H,13,14). The van der Waals surface area contributed by atoms with E-state index in [2.05, 4.69) is 16.5 Å². The Kier molecular flexibility index (Phi) is 2.63. The van der Waals surface area contributed by atoms with E-state index in [4.69, 9.17) is 11.1 Å². The Bertz CT molecular complexity index is 512. The SMILES string of the molecule is N#Cc1cccc(-c2csc(NN)n2)c1. The lowest BCUT2D eigenvalue weighted by Crippen LogP contribution is -2.05. The molecule has 0 saturated heterocycles. The Morgan fingerprint density at radius 2 is 2.33 bits per heavy atom. The first-order valence-corrected chi connectivity index (χ1v) is 5.14. The minimum atomic E-state index is 0.628. The fourth-order valence-electron chi connectivity index (χ4n) is 1.22. The topological polar surface area (TPSA) is 74.7 Å². The Balaban J connectivity index is 2.41. The zero-order valence-electron chi connectivity index (χ0n) is 7.77. The zero-order valence-corrected chi connectivity index (χ0v) is 8.58. The maximum absolute atomic E-state index is 8.76. The predicted octanol–water partition coefficient (Wildman–Crippen LogP) is 1.97. The molecule has 0 atom stereocenters. The summed E-state index contributed by atoms with van der Waals surface area (Å²) >= 11 is 1.43. The number of nitrogen functional groups attached to an aromatic ring is 1. The Morgan fingerprint density at radius 3 is 3.00 bits per heavy atom. The van der Waals surface area contributed by atoms with E-state index in [1.807, 2.05) is 17.5 Å². The molecule has 0 unspecified atom stereocenters. The van der Waals surface area contributed by atoms with Gasteiger partial charge in [-0.3, -0.25) is 5.43 Å². The van der Waals surface area contributed by atoms with Crippen LogP contribution >= 0.6 is 11.3 Å². The van der Waals surface area contributed by atoms with Crippen LogP contribution in [0.5, 0.6) is 0 Å². The first-order valence-electron chi connectivity index (χ1n) is 4.26. The number of nitrogens with one attached hydrogen (secondary N) is 1. The number of nitriles is 1. The number of hydrogen-bond acceptors (Lipinski definition) is 5. The summed E-state index contributed by atoms with van der Waals surface area (Å²) in [7, 11) is 0. The highest BCUT2D eigenvalue weighted by molar-refractivity contribution is 7.14. The van der Waals surface area contributed by atoms with Crippen molar-refractivity contribution in [1.82, 2.24) is 4.98 Å². The smallest absolute Gasteiger partial charge is 0.197 e. The van der Waals surface area contributed by atoms with Gasteiger partial charge in [-0.2, -0.15) is 5.26 Å². The van der Waals surface area contributed by atoms with Crippen LogP contribution in [0.2, 0.25) is 0 Å². The summed E-state index contributed by atoms with van der Waals surface area (Å²) in [5.41, 5.74) is 4.86. The lowest BCUT2D eigenvalue weighted by Gasteiger charge is -1.96. The van der Waals surface area contributed by atoms with Crippen molar-refractivity contribution < 1.29 is 0 Å². The fourth-order valence-corrected chi connectivity index (χ4v) is 1.85. The molecule has 0 spiro atoms. The molecule has 2 rings (SSSR count). The molecule has 0 radical (unpaired) electrons. The summed E-state index contributed by atoms with van der Waals surface area (Å²) in [6.45, 7) is 0. The van der Waals surface area contributed by atoms with Gasteiger partial charge in [-0.1, -0.05) is 12.1 Å². The second-order valence-corrected chi connectivity index (χ2v) is 3.73. The largest absolute Gasteiger partial charge is 0.300 e. The molecule has 3 N–H and O–H groups in total. The van der Waals surface area contributed by atoms with Gasteiger partial charge in [-0.15, -0.1) is 11.3 Å². The highest BCUT2D eigenvalue weighted by atomic mass is 32.1. The first kappa shape index (κ1) is 9.65. The monoisotopic (exact) mass is 216 g/mol. The molecule has 0 aliphatic carbocycles. The molecule has 1 heterocycles. The number of hydrazine groups is 1. The van der Waals surface area contributed by atoms with Crippen LogP contribution in [-0.4, -0.2) is 4.98 Å². The summed E-state index contributed by atoms with van der Waals surface area (Å²) in [6, 6.07) is 9.40. The number of aromatic nitrogens is 1. The van der Waals surface area contributed by atoms with Crippen LogP contribution in [0, 0.1) is 11.3 Å². The van der Waals surface area contributed by atoms with Gasteiger partial charge in [-0.05, 0) is 12.1 Å². The Hall–Kier alpha value is -1.90. The average Bonchev–Trinajstić information content (AvgIpc) is 2.78. The fraction of sp³-hybridized carbons (Fsp3) is 0. The van der Waals surface area contributed by atoms with Crippen LogP contribution in [0.1, 0.15) is 5.56 Å². The van der Waals surface area contributed by atoms with Crippen molar-refractivity contribution in [3.8, 4) is 17.3 Å². The molecule has 74 valence electrons. The van der Waals surface area contributed by atoms with Crippen LogP contribution in [-0.2, 0) is 0 Å². The van der Waals surface area contributed by atoms with Crippen LogP contribution in [0.3, 0.4) is 0 Å². The third-order valence-corrected chi connectivity index (χ3v) is 2.69. The van der Waals surface area contributed by atoms with E-state index >= 15 is 0 Å². The van der Waals surface area contributed by atoms with E-state index in [-0.39, 0.29) is 0 Å². The number of hydrogen-bond donors (Lipinski definition) is 2. The lowest BCUT2D eigenvalue weighted by atomic mass is 10.1. The van der Waals surface area contributed by atoms with Gasteiger partial charge < -0.3 is 0 Å². The van der Waals surface area contributed by atoms with Gasteiger partial charge >= 0.3 is 0 Å². The summed E-state index contributed by atoms with van der Waals surface area (Å²) < 4.78 is 0. The Morgan fingerprint density at radius 1 is 1.47 bits per heavy atom. The van der Waals surface area contributed by atoms with E-state index in [0.29, 0.717) is 10.7 Å². The van der Waals surface area contributed by atoms with Crippen LogP contribution in [0.4, 0.5) is 5.13 Å². The molecule has 4 nitrogen and oxygen atoms in total. The van der Waals surface area contributed by atoms with E-state index < -0.39 is 0 Å². The van der Waals surface area contributed by atoms with Gasteiger partial charge in [0.15, 0.2) is 5.13 Å². The third-order valence-electron chi connectivity index (χ3n) is 1.92. The highest BCUT2D eigenvalue weighted by Gasteiger charge is 2.03. The quantitative estimate of drug-likeness (QED) is 0.594. The average molecular weight is 216 g/mol. The maximum Gasteiger partial charge on any atom is 0.197 e. The second-order valence-electron chi connectivity index (χ2n) is 2.87. The van der Waals surface area contributed by atoms with Crippen molar-refractivity contribution in [2.24, 2.45) is 5.84 Å². The van der Waals surface area contributed by atoms with Gasteiger partial charge in [0.05, 0.1) is 17.3 Å². The number of thiazole rings is 1. The molecule has 5 heteroatoms. The second kappa shape index (κ2) is 4.09. The molecule has 15 heavy (non-hydrogen) atoms. The lowest BCUT2D eigenvalue weighted by molar-refractivity contribution is 1.29. The minimum Gasteiger partial charge on any atom is -0.300 e. The number of nitrogens with two attached hydrogens (primary N) is 1. The normalized spacial score (nSPS) is 9.60. The van der Waals surface area contributed by atoms with Crippen molar-refractivity contribution in [3.63, 3.8) is 0 Å². The van der Waals surface area contributed by atoms with Crippen LogP contribution in [0.25, 0.3) is 11.3 Å². The van der Waals surface area contributed by atoms with Crippen molar-refractivity contribution in [1.29, 1.82) is 5.26 Å². The van der Waals surface area contributed by atoms with E-state index in [0.717, 1.165) is 11.3 Å². The molecular weight excluding hydrogens is 208 g/mol. The van der Waals surface area contributed by atoms with Gasteiger partial charge in [0, 0.05) is 10.9 Å². The van der Waals surface area contributed by atoms with Crippen molar-refractivity contribution >= 4 is 16.5 Å². The van der Waals surface area contributed by atoms with Crippen LogP contribution < -0.4 is 11.3 Å². The zero-order chi connectivity index (χ0) is 10.7. The molecule has 1 aromatic heterocycles. The summed E-state index contributed by atoms with van der Waals surface area (Å²) in [6.07, 6.45) is 0. The van der Waals surface area contributed by atoms with E-state index in [1.165, 1.54) is 11.3 Å². The number of benzene rings is 1. The van der Waals surface area contributed by atoms with E-state index in [1.54, 1.807) is 12.1 Å². The molecule has 0 aliphatic heterocycles. The van der Waals surface area contributed by atoms with Crippen LogP contribution in [0.15, 0.2) is 29.6 Å². The third kappa shape index (κ3) is 1.96. The summed E-state index contributed by atoms with van der Waals surface area (Å²) in [5.74, 6) is 5.24. The summed E-state index contributed by atoms with van der Waals surface area (Å²) in [4.78, 5) is 4.25. The minimum absolute atomic E-state index is 0.628. The molecule has 0 amide bonds. The molecule has 0 bridgehead atoms. The predicted molar refractivity (Wildman–Crippen MR) is 60.1 cm³/mol. The van der Waals surface area contributed by atoms with Crippen molar-refractivity contribution in [2.75, 3.05) is 5.43 Å². The Labute approximate surface area is 91.0 Å². The van der Waals surface area contributed by atoms with Crippen molar-refractivity contribution in [2.45, 2.75) is 0 Å². The molecule has 0 aliphatic rings. The maximum atomic E-state index is 8.76. The van der Waals surface area contributed by atoms with Crippen molar-refractivity contribution in [3.05, 3.63) is 35.2 Å². The number of rotatable bonds is 2. The van der Waals surface area contributed by atoms with Gasteiger partial charge in [0.25, 0.3) is 0 Å². The highest BCUT2D eigenvalue weighted by Crippen LogP contribution is 2.24. The number of anilines is 1. The molecule has 0 saturated carbocycles. The van der Waals surface area contributed by atoms with Gasteiger partial charge in [0.1, 0.15) is 0 Å². The number of nitrogens with zero attached hydrogens (tertiary/aromatic N) is 2. The first-order chi connectivity index (χ1) is 7.33. The molecule has 1 aromatic carbocycles. The van der Waals surface area contributed by atoms with Gasteiger partial charge in [0.2, 0.25) is 0 Å². The molecular formula is C10H8N4S. The molecule has 2 aromatic rings. The van der Waals surface area contributed by atoms with E-state index in [9.17, 15) is 0 Å².